The van der Waals surface area contributed by atoms with E-state index in [-0.39, 0.29) is 13.0 Å². The summed E-state index contributed by atoms with van der Waals surface area (Å²) in [5, 5.41) is 0.985. The van der Waals surface area contributed by atoms with Crippen molar-refractivity contribution in [2.24, 2.45) is 0 Å². The number of hydrogen-bond acceptors (Lipinski definition) is 5. The second-order valence-corrected chi connectivity index (χ2v) is 11.6. The number of alkyl halides is 3. The van der Waals surface area contributed by atoms with Crippen LogP contribution in [0.3, 0.4) is 0 Å². The van der Waals surface area contributed by atoms with Crippen LogP contribution in [-0.2, 0) is 26.0 Å². The van der Waals surface area contributed by atoms with Gasteiger partial charge < -0.3 is 9.80 Å². The fourth-order valence-electron chi connectivity index (χ4n) is 4.35. The maximum atomic E-state index is 12.9. The van der Waals surface area contributed by atoms with Crippen LogP contribution < -0.4 is 9.62 Å². The Kier molecular flexibility index (Phi) is 7.02. The number of halogens is 4. The van der Waals surface area contributed by atoms with E-state index in [0.29, 0.717) is 38.2 Å². The highest BCUT2D eigenvalue weighted by Gasteiger charge is 2.44. The quantitative estimate of drug-likeness (QED) is 0.590. The minimum absolute atomic E-state index is 0.263. The van der Waals surface area contributed by atoms with E-state index in [1.807, 2.05) is 0 Å². The number of thiophene rings is 1. The van der Waals surface area contributed by atoms with Gasteiger partial charge in [0.25, 0.3) is 0 Å². The first kappa shape index (κ1) is 25.7. The molecule has 2 aromatic rings. The highest BCUT2D eigenvalue weighted by atomic mass is 35.5. The summed E-state index contributed by atoms with van der Waals surface area (Å²) in [5.74, 6) is -2.32. The van der Waals surface area contributed by atoms with Gasteiger partial charge in [-0.05, 0) is 60.7 Å². The second kappa shape index (κ2) is 9.57. The molecule has 2 heterocycles. The van der Waals surface area contributed by atoms with Crippen LogP contribution in [0.5, 0.6) is 0 Å². The Morgan fingerprint density at radius 3 is 2.66 bits per heavy atom. The highest BCUT2D eigenvalue weighted by Crippen LogP contribution is 2.39. The average Bonchev–Trinajstić information content (AvgIpc) is 3.49. The van der Waals surface area contributed by atoms with Crippen molar-refractivity contribution in [1.29, 1.82) is 0 Å². The first-order valence-electron chi connectivity index (χ1n) is 10.6. The predicted molar refractivity (Wildman–Crippen MR) is 128 cm³/mol. The molecule has 1 N–H and O–H groups in total. The Morgan fingerprint density at radius 2 is 2.00 bits per heavy atom. The van der Waals surface area contributed by atoms with Crippen LogP contribution in [-0.4, -0.2) is 50.9 Å². The van der Waals surface area contributed by atoms with Crippen molar-refractivity contribution in [3.05, 3.63) is 56.1 Å². The number of nitrogens with one attached hydrogen (secondary N) is 1. The molecule has 2 atom stereocenters. The number of carbonyl (C=O) groups excluding carboxylic acids is 2. The summed E-state index contributed by atoms with van der Waals surface area (Å²) >= 11 is 7.06. The number of sulfonamides is 1. The number of aryl methyl sites for hydroxylation is 1. The molecule has 0 radical (unpaired) electrons. The molecule has 2 amide bonds. The van der Waals surface area contributed by atoms with Gasteiger partial charge in [0, 0.05) is 29.6 Å². The Hall–Kier alpha value is -2.41. The summed E-state index contributed by atoms with van der Waals surface area (Å²) in [4.78, 5) is 27.4. The van der Waals surface area contributed by atoms with E-state index in [2.05, 4.69) is 4.72 Å². The average molecular weight is 548 g/mol. The van der Waals surface area contributed by atoms with Crippen LogP contribution in [0, 0.1) is 0 Å². The first-order chi connectivity index (χ1) is 16.4. The summed E-state index contributed by atoms with van der Waals surface area (Å²) in [5.41, 5.74) is 1.89. The van der Waals surface area contributed by atoms with Crippen LogP contribution in [0.25, 0.3) is 6.08 Å². The van der Waals surface area contributed by atoms with Gasteiger partial charge in [-0.15, -0.1) is 11.3 Å². The predicted octanol–water partition coefficient (Wildman–Crippen LogP) is 4.11. The fraction of sp³-hybridized carbons (Fsp3) is 0.364. The van der Waals surface area contributed by atoms with E-state index in [0.717, 1.165) is 18.0 Å². The fourth-order valence-corrected chi connectivity index (χ4v) is 6.42. The summed E-state index contributed by atoms with van der Waals surface area (Å²) in [7, 11) is -2.75. The molecule has 1 aromatic carbocycles. The number of nitrogens with zero attached hydrogens (tertiary/aromatic N) is 2. The summed E-state index contributed by atoms with van der Waals surface area (Å²) in [6, 6.07) is 6.64. The van der Waals surface area contributed by atoms with E-state index >= 15 is 0 Å². The van der Waals surface area contributed by atoms with Gasteiger partial charge in [0.1, 0.15) is 6.04 Å². The van der Waals surface area contributed by atoms with Crippen LogP contribution >= 0.6 is 22.9 Å². The molecule has 4 rings (SSSR count). The molecule has 188 valence electrons. The molecule has 1 aliphatic carbocycles. The van der Waals surface area contributed by atoms with Gasteiger partial charge in [-0.25, -0.2) is 8.42 Å². The van der Waals surface area contributed by atoms with Crippen molar-refractivity contribution in [3.8, 4) is 0 Å². The van der Waals surface area contributed by atoms with Crippen molar-refractivity contribution < 1.29 is 31.2 Å². The zero-order valence-corrected chi connectivity index (χ0v) is 20.8. The Morgan fingerprint density at radius 1 is 1.26 bits per heavy atom. The van der Waals surface area contributed by atoms with Crippen molar-refractivity contribution >= 4 is 56.5 Å². The van der Waals surface area contributed by atoms with Crippen LogP contribution in [0.1, 0.15) is 34.9 Å². The SMILES string of the molecule is CN(C(=O)C(F)(F)F)C1CCc2cc(N3CC[C@H](NS(=O)(=O)C=Cc4ccc(Cl)s4)C3=O)ccc21. The van der Waals surface area contributed by atoms with Crippen LogP contribution in [0.15, 0.2) is 35.7 Å². The maximum Gasteiger partial charge on any atom is 0.471 e. The largest absolute Gasteiger partial charge is 0.471 e. The monoisotopic (exact) mass is 547 g/mol. The molecule has 2 aliphatic rings. The topological polar surface area (TPSA) is 86.8 Å². The van der Waals surface area contributed by atoms with E-state index < -0.39 is 40.1 Å². The van der Waals surface area contributed by atoms with Crippen LogP contribution in [0.4, 0.5) is 18.9 Å². The highest BCUT2D eigenvalue weighted by molar-refractivity contribution is 7.92. The third-order valence-electron chi connectivity index (χ3n) is 6.03. The van der Waals surface area contributed by atoms with Crippen molar-refractivity contribution in [3.63, 3.8) is 0 Å². The van der Waals surface area contributed by atoms with Gasteiger partial charge in [0.05, 0.1) is 10.4 Å². The number of rotatable bonds is 6. The minimum Gasteiger partial charge on any atom is -0.331 e. The number of benzene rings is 1. The molecule has 1 fully saturated rings. The van der Waals surface area contributed by atoms with Crippen molar-refractivity contribution in [2.75, 3.05) is 18.5 Å². The Balaban J connectivity index is 1.44. The molecule has 7 nitrogen and oxygen atoms in total. The number of amides is 2. The standard InChI is InChI=1S/C22H21ClF3N3O4S2/c1-28(21(31)22(24,25)26)18-6-2-13-12-14(3-5-16(13)18)29-10-8-17(20(29)30)27-35(32,33)11-9-15-4-7-19(23)34-15/h3-5,7,9,11-12,17-18,27H,2,6,8,10H2,1H3/t17-,18?/m0/s1. The van der Waals surface area contributed by atoms with Gasteiger partial charge in [-0.2, -0.15) is 17.9 Å². The maximum absolute atomic E-state index is 12.9. The molecule has 35 heavy (non-hydrogen) atoms. The molecule has 1 saturated heterocycles. The third-order valence-corrected chi connectivity index (χ3v) is 8.34. The van der Waals surface area contributed by atoms with Gasteiger partial charge in [0.2, 0.25) is 15.9 Å². The minimum atomic E-state index is -4.95. The normalized spacial score (nSPS) is 20.6. The van der Waals surface area contributed by atoms with Gasteiger partial charge in [-0.1, -0.05) is 17.7 Å². The Labute approximate surface area is 209 Å². The van der Waals surface area contributed by atoms with Crippen molar-refractivity contribution in [2.45, 2.75) is 37.5 Å². The molecule has 1 aliphatic heterocycles. The van der Waals surface area contributed by atoms with E-state index in [9.17, 15) is 31.2 Å². The van der Waals surface area contributed by atoms with Crippen molar-refractivity contribution in [1.82, 2.24) is 9.62 Å². The lowest BCUT2D eigenvalue weighted by atomic mass is 10.1. The molecule has 0 spiro atoms. The number of fused-ring (bicyclic) bond motifs is 1. The molecular formula is C22H21ClF3N3O4S2. The van der Waals surface area contributed by atoms with E-state index in [4.69, 9.17) is 11.6 Å². The number of hydrogen-bond donors (Lipinski definition) is 1. The zero-order valence-electron chi connectivity index (χ0n) is 18.4. The smallest absolute Gasteiger partial charge is 0.331 e. The molecule has 1 unspecified atom stereocenters. The lowest BCUT2D eigenvalue weighted by molar-refractivity contribution is -0.186. The molecule has 1 aromatic heterocycles. The van der Waals surface area contributed by atoms with Gasteiger partial charge >= 0.3 is 12.1 Å². The second-order valence-electron chi connectivity index (χ2n) is 8.29. The number of carbonyl (C=O) groups is 2. The summed E-state index contributed by atoms with van der Waals surface area (Å²) < 4.78 is 66.3. The summed E-state index contributed by atoms with van der Waals surface area (Å²) in [6.45, 7) is 0.283. The van der Waals surface area contributed by atoms with Crippen LogP contribution in [0.2, 0.25) is 4.34 Å². The number of anilines is 1. The lowest BCUT2D eigenvalue weighted by Crippen LogP contribution is -2.40. The molecule has 0 bridgehead atoms. The van der Waals surface area contributed by atoms with E-state index in [1.165, 1.54) is 22.3 Å². The summed E-state index contributed by atoms with van der Waals surface area (Å²) in [6.07, 6.45) is -2.49. The molecule has 13 heteroatoms. The Bertz CT molecular complexity index is 1290. The third kappa shape index (κ3) is 5.55. The molecular weight excluding hydrogens is 527 g/mol. The van der Waals surface area contributed by atoms with Gasteiger partial charge in [-0.3, -0.25) is 9.59 Å². The zero-order chi connectivity index (χ0) is 25.5. The van der Waals surface area contributed by atoms with E-state index in [1.54, 1.807) is 30.3 Å². The van der Waals surface area contributed by atoms with Gasteiger partial charge in [0.15, 0.2) is 0 Å². The first-order valence-corrected chi connectivity index (χ1v) is 13.3. The lowest BCUT2D eigenvalue weighted by Gasteiger charge is -2.26. The molecule has 0 saturated carbocycles.